The van der Waals surface area contributed by atoms with Crippen LogP contribution >= 0.6 is 0 Å². The van der Waals surface area contributed by atoms with Crippen molar-refractivity contribution < 1.29 is 0 Å². The van der Waals surface area contributed by atoms with Gasteiger partial charge in [-0.2, -0.15) is 0 Å². The third-order valence-corrected chi connectivity index (χ3v) is 5.21. The molecule has 0 radical (unpaired) electrons. The highest BCUT2D eigenvalue weighted by Gasteiger charge is 2.36. The van der Waals surface area contributed by atoms with Gasteiger partial charge in [-0.05, 0) is 25.2 Å². The smallest absolute Gasteiger partial charge is 0.109 e. The van der Waals surface area contributed by atoms with Gasteiger partial charge in [0.1, 0.15) is 5.82 Å². The first-order valence-electron chi connectivity index (χ1n) is 8.76. The van der Waals surface area contributed by atoms with E-state index in [0.717, 1.165) is 32.0 Å². The first kappa shape index (κ1) is 13.8. The Balaban J connectivity index is 1.63. The Kier molecular flexibility index (Phi) is 3.54. The van der Waals surface area contributed by atoms with Crippen LogP contribution in [0.5, 0.6) is 0 Å². The second-order valence-corrected chi connectivity index (χ2v) is 7.48. The molecule has 0 amide bonds. The number of aromatic nitrogens is 2. The number of fused-ring (bicyclic) bond motifs is 1. The van der Waals surface area contributed by atoms with Crippen LogP contribution in [0.2, 0.25) is 0 Å². The van der Waals surface area contributed by atoms with Gasteiger partial charge in [-0.1, -0.05) is 13.8 Å². The number of nitrogens with zero attached hydrogens (tertiary/aromatic N) is 3. The molecule has 3 aliphatic rings. The molecule has 0 bridgehead atoms. The van der Waals surface area contributed by atoms with E-state index in [-0.39, 0.29) is 0 Å². The summed E-state index contributed by atoms with van der Waals surface area (Å²) >= 11 is 0. The maximum absolute atomic E-state index is 5.00. The lowest BCUT2D eigenvalue weighted by molar-refractivity contribution is 0.310. The molecule has 4 rings (SSSR count). The van der Waals surface area contributed by atoms with Gasteiger partial charge in [0.05, 0.1) is 5.69 Å². The Morgan fingerprint density at radius 3 is 2.86 bits per heavy atom. The summed E-state index contributed by atoms with van der Waals surface area (Å²) in [4.78, 5) is 7.72. The molecule has 1 unspecified atom stereocenters. The van der Waals surface area contributed by atoms with E-state index in [9.17, 15) is 0 Å². The molecule has 1 saturated heterocycles. The second-order valence-electron chi connectivity index (χ2n) is 7.48. The fourth-order valence-electron chi connectivity index (χ4n) is 4.08. The van der Waals surface area contributed by atoms with Gasteiger partial charge in [0.2, 0.25) is 0 Å². The lowest BCUT2D eigenvalue weighted by Gasteiger charge is -2.22. The van der Waals surface area contributed by atoms with Gasteiger partial charge in [-0.25, -0.2) is 4.98 Å². The summed E-state index contributed by atoms with van der Waals surface area (Å²) in [6.07, 6.45) is 6.44. The van der Waals surface area contributed by atoms with Gasteiger partial charge < -0.3 is 9.88 Å². The van der Waals surface area contributed by atoms with Crippen molar-refractivity contribution in [3.8, 4) is 0 Å². The van der Waals surface area contributed by atoms with Crippen molar-refractivity contribution in [1.82, 2.24) is 19.8 Å². The van der Waals surface area contributed by atoms with Crippen LogP contribution in [0.1, 0.15) is 56.4 Å². The largest absolute Gasteiger partial charge is 0.327 e. The van der Waals surface area contributed by atoms with Crippen molar-refractivity contribution in [2.75, 3.05) is 19.6 Å². The molecule has 4 nitrogen and oxygen atoms in total. The van der Waals surface area contributed by atoms with E-state index in [0.29, 0.717) is 12.0 Å². The van der Waals surface area contributed by atoms with Gasteiger partial charge >= 0.3 is 0 Å². The quantitative estimate of drug-likeness (QED) is 0.921. The van der Waals surface area contributed by atoms with Crippen molar-refractivity contribution in [3.05, 3.63) is 17.2 Å². The molecule has 1 atom stereocenters. The molecular formula is C17H28N4. The van der Waals surface area contributed by atoms with Gasteiger partial charge in [0.15, 0.2) is 0 Å². The standard InChI is InChI=1S/C17H28N4/c1-12(2)9-17-19-15-10-18-7-5-16(15)21(17)14-6-8-20(11-14)13-3-4-13/h12-14,18H,3-11H2,1-2H3. The van der Waals surface area contributed by atoms with Crippen LogP contribution in [0.3, 0.4) is 0 Å². The minimum atomic E-state index is 0.675. The molecule has 1 aromatic heterocycles. The van der Waals surface area contributed by atoms with E-state index in [2.05, 4.69) is 28.6 Å². The zero-order chi connectivity index (χ0) is 14.4. The lowest BCUT2D eigenvalue weighted by atomic mass is 10.1. The molecule has 2 fully saturated rings. The predicted molar refractivity (Wildman–Crippen MR) is 84.4 cm³/mol. The van der Waals surface area contributed by atoms with Crippen LogP contribution in [-0.4, -0.2) is 40.1 Å². The highest BCUT2D eigenvalue weighted by Crippen LogP contribution is 2.35. The number of hydrogen-bond acceptors (Lipinski definition) is 3. The molecule has 0 aromatic carbocycles. The summed E-state index contributed by atoms with van der Waals surface area (Å²) < 4.78 is 2.65. The molecule has 2 aliphatic heterocycles. The molecular weight excluding hydrogens is 260 g/mol. The first-order valence-corrected chi connectivity index (χ1v) is 8.76. The van der Waals surface area contributed by atoms with Gasteiger partial charge in [-0.3, -0.25) is 4.90 Å². The zero-order valence-electron chi connectivity index (χ0n) is 13.4. The molecule has 0 spiro atoms. The SMILES string of the molecule is CC(C)Cc1nc2c(n1C1CCN(C3CC3)C1)CCNC2. The first-order chi connectivity index (χ1) is 10.2. The fraction of sp³-hybridized carbons (Fsp3) is 0.824. The summed E-state index contributed by atoms with van der Waals surface area (Å²) in [5.41, 5.74) is 2.86. The summed E-state index contributed by atoms with van der Waals surface area (Å²) in [7, 11) is 0. The Morgan fingerprint density at radius 2 is 2.10 bits per heavy atom. The highest BCUT2D eigenvalue weighted by atomic mass is 15.3. The van der Waals surface area contributed by atoms with Gasteiger partial charge in [0.25, 0.3) is 0 Å². The molecule has 1 saturated carbocycles. The molecule has 116 valence electrons. The van der Waals surface area contributed by atoms with Crippen LogP contribution < -0.4 is 5.32 Å². The van der Waals surface area contributed by atoms with Crippen LogP contribution in [0.4, 0.5) is 0 Å². The molecule has 21 heavy (non-hydrogen) atoms. The van der Waals surface area contributed by atoms with E-state index in [1.165, 1.54) is 49.6 Å². The Bertz CT molecular complexity index is 515. The number of nitrogens with one attached hydrogen (secondary N) is 1. The lowest BCUT2D eigenvalue weighted by Crippen LogP contribution is -2.28. The molecule has 1 aliphatic carbocycles. The van der Waals surface area contributed by atoms with Crippen molar-refractivity contribution >= 4 is 0 Å². The third kappa shape index (κ3) is 2.64. The average molecular weight is 288 g/mol. The maximum Gasteiger partial charge on any atom is 0.109 e. The Labute approximate surface area is 127 Å². The minimum absolute atomic E-state index is 0.675. The monoisotopic (exact) mass is 288 g/mol. The number of likely N-dealkylation sites (tertiary alicyclic amines) is 1. The van der Waals surface area contributed by atoms with E-state index in [1.807, 2.05) is 0 Å². The van der Waals surface area contributed by atoms with Crippen molar-refractivity contribution in [2.45, 2.75) is 64.6 Å². The van der Waals surface area contributed by atoms with Gasteiger partial charge in [-0.15, -0.1) is 0 Å². The van der Waals surface area contributed by atoms with Crippen molar-refractivity contribution in [1.29, 1.82) is 0 Å². The third-order valence-electron chi connectivity index (χ3n) is 5.21. The molecule has 3 heterocycles. The molecule has 4 heteroatoms. The highest BCUT2D eigenvalue weighted by molar-refractivity contribution is 5.22. The summed E-state index contributed by atoms with van der Waals surface area (Å²) in [5.74, 6) is 2.03. The topological polar surface area (TPSA) is 33.1 Å². The van der Waals surface area contributed by atoms with E-state index < -0.39 is 0 Å². The predicted octanol–water partition coefficient (Wildman–Crippen LogP) is 2.14. The summed E-state index contributed by atoms with van der Waals surface area (Å²) in [6, 6.07) is 1.58. The number of imidazole rings is 1. The average Bonchev–Trinajstić information content (AvgIpc) is 3.08. The van der Waals surface area contributed by atoms with Crippen LogP contribution in [0, 0.1) is 5.92 Å². The zero-order valence-corrected chi connectivity index (χ0v) is 13.4. The minimum Gasteiger partial charge on any atom is -0.327 e. The normalized spacial score (nSPS) is 26.5. The van der Waals surface area contributed by atoms with Crippen LogP contribution in [0.15, 0.2) is 0 Å². The fourth-order valence-corrected chi connectivity index (χ4v) is 4.08. The summed E-state index contributed by atoms with van der Waals surface area (Å²) in [5, 5.41) is 3.48. The molecule has 1 N–H and O–H groups in total. The van der Waals surface area contributed by atoms with Crippen molar-refractivity contribution in [2.24, 2.45) is 5.92 Å². The Morgan fingerprint density at radius 1 is 1.24 bits per heavy atom. The number of hydrogen-bond donors (Lipinski definition) is 1. The van der Waals surface area contributed by atoms with Gasteiger partial charge in [0, 0.05) is 56.8 Å². The van der Waals surface area contributed by atoms with E-state index in [4.69, 9.17) is 4.98 Å². The van der Waals surface area contributed by atoms with E-state index >= 15 is 0 Å². The number of rotatable bonds is 4. The maximum atomic E-state index is 5.00. The Hall–Kier alpha value is -0.870. The van der Waals surface area contributed by atoms with Crippen LogP contribution in [-0.2, 0) is 19.4 Å². The van der Waals surface area contributed by atoms with Crippen LogP contribution in [0.25, 0.3) is 0 Å². The van der Waals surface area contributed by atoms with Crippen molar-refractivity contribution in [3.63, 3.8) is 0 Å². The van der Waals surface area contributed by atoms with E-state index in [1.54, 1.807) is 0 Å². The summed E-state index contributed by atoms with van der Waals surface area (Å²) in [6.45, 7) is 9.24. The molecule has 1 aromatic rings. The second kappa shape index (κ2) is 5.40.